The molecule has 0 atom stereocenters. The van der Waals surface area contributed by atoms with Crippen molar-refractivity contribution in [2.24, 2.45) is 0 Å². The summed E-state index contributed by atoms with van der Waals surface area (Å²) in [5.74, 6) is 1.29. The number of phenols is 1. The summed E-state index contributed by atoms with van der Waals surface area (Å²) < 4.78 is 7.45. The molecular formula is C26H25N7O2. The van der Waals surface area contributed by atoms with Crippen LogP contribution < -0.4 is 4.90 Å². The zero-order valence-electron chi connectivity index (χ0n) is 19.3. The van der Waals surface area contributed by atoms with Crippen LogP contribution in [0.2, 0.25) is 0 Å². The lowest BCUT2D eigenvalue weighted by Crippen LogP contribution is -2.36. The number of aryl methyl sites for hydroxylation is 1. The SMILES string of the molecule is CCc1[nH]nc2cc(O)c(-c3nnc(-c4cccnc4)n3-c3ccc(N4CCOCC4)cc3)cc12. The molecule has 3 aromatic heterocycles. The van der Waals surface area contributed by atoms with E-state index in [0.717, 1.165) is 66.3 Å². The van der Waals surface area contributed by atoms with Crippen LogP contribution in [-0.2, 0) is 11.2 Å². The molecule has 0 unspecified atom stereocenters. The van der Waals surface area contributed by atoms with Crippen molar-refractivity contribution in [3.63, 3.8) is 0 Å². The van der Waals surface area contributed by atoms with Crippen molar-refractivity contribution in [2.45, 2.75) is 13.3 Å². The van der Waals surface area contributed by atoms with Crippen molar-refractivity contribution in [1.82, 2.24) is 29.9 Å². The fraction of sp³-hybridized carbons (Fsp3) is 0.231. The van der Waals surface area contributed by atoms with Gasteiger partial charge in [0.05, 0.1) is 24.3 Å². The zero-order valence-corrected chi connectivity index (χ0v) is 19.3. The summed E-state index contributed by atoms with van der Waals surface area (Å²) in [5, 5.41) is 28.3. The number of benzene rings is 2. The number of hydrogen-bond acceptors (Lipinski definition) is 7. The Kier molecular flexibility index (Phi) is 5.38. The Labute approximate surface area is 202 Å². The minimum Gasteiger partial charge on any atom is -0.507 e. The predicted molar refractivity (Wildman–Crippen MR) is 134 cm³/mol. The van der Waals surface area contributed by atoms with Gasteiger partial charge in [-0.25, -0.2) is 0 Å². The summed E-state index contributed by atoms with van der Waals surface area (Å²) in [7, 11) is 0. The van der Waals surface area contributed by atoms with Crippen LogP contribution in [0.15, 0.2) is 60.9 Å². The molecular weight excluding hydrogens is 442 g/mol. The molecule has 176 valence electrons. The first-order chi connectivity index (χ1) is 17.2. The van der Waals surface area contributed by atoms with Gasteiger partial charge in [0.25, 0.3) is 0 Å². The molecule has 0 aliphatic carbocycles. The number of pyridine rings is 1. The number of aromatic nitrogens is 6. The molecule has 0 saturated carbocycles. The summed E-state index contributed by atoms with van der Waals surface area (Å²) >= 11 is 0. The molecule has 1 fully saturated rings. The Morgan fingerprint density at radius 3 is 2.51 bits per heavy atom. The third kappa shape index (κ3) is 3.79. The van der Waals surface area contributed by atoms with E-state index in [1.165, 1.54) is 0 Å². The number of hydrogen-bond donors (Lipinski definition) is 2. The Balaban J connectivity index is 1.51. The van der Waals surface area contributed by atoms with E-state index < -0.39 is 0 Å². The number of morpholine rings is 1. The average molecular weight is 468 g/mol. The van der Waals surface area contributed by atoms with Crippen molar-refractivity contribution < 1.29 is 9.84 Å². The quantitative estimate of drug-likeness (QED) is 0.403. The summed E-state index contributed by atoms with van der Waals surface area (Å²) in [5.41, 5.74) is 5.19. The molecule has 1 aliphatic rings. The highest BCUT2D eigenvalue weighted by Gasteiger charge is 2.22. The normalized spacial score (nSPS) is 14.0. The van der Waals surface area contributed by atoms with E-state index in [4.69, 9.17) is 4.74 Å². The Morgan fingerprint density at radius 2 is 1.77 bits per heavy atom. The second-order valence-corrected chi connectivity index (χ2v) is 8.48. The number of nitrogens with one attached hydrogen (secondary N) is 1. The van der Waals surface area contributed by atoms with Crippen molar-refractivity contribution in [2.75, 3.05) is 31.2 Å². The van der Waals surface area contributed by atoms with Gasteiger partial charge in [0, 0.05) is 59.6 Å². The van der Waals surface area contributed by atoms with Gasteiger partial charge in [-0.2, -0.15) is 5.10 Å². The molecule has 0 spiro atoms. The lowest BCUT2D eigenvalue weighted by molar-refractivity contribution is 0.122. The Bertz CT molecular complexity index is 1470. The largest absolute Gasteiger partial charge is 0.507 e. The van der Waals surface area contributed by atoms with Crippen LogP contribution in [0.4, 0.5) is 5.69 Å². The van der Waals surface area contributed by atoms with Crippen LogP contribution in [0.1, 0.15) is 12.6 Å². The van der Waals surface area contributed by atoms with E-state index in [1.807, 2.05) is 22.8 Å². The van der Waals surface area contributed by atoms with E-state index in [2.05, 4.69) is 61.5 Å². The molecule has 6 rings (SSSR count). The summed E-state index contributed by atoms with van der Waals surface area (Å²) in [4.78, 5) is 6.58. The maximum atomic E-state index is 10.9. The number of phenolic OH excluding ortho intramolecular Hbond substituents is 1. The smallest absolute Gasteiger partial charge is 0.172 e. The van der Waals surface area contributed by atoms with Crippen LogP contribution in [-0.4, -0.2) is 61.4 Å². The Hall–Kier alpha value is -4.24. The number of rotatable bonds is 5. The lowest BCUT2D eigenvalue weighted by Gasteiger charge is -2.29. The average Bonchev–Trinajstić information content (AvgIpc) is 3.53. The van der Waals surface area contributed by atoms with Crippen LogP contribution in [0, 0.1) is 0 Å². The van der Waals surface area contributed by atoms with Crippen LogP contribution in [0.5, 0.6) is 5.75 Å². The summed E-state index contributed by atoms with van der Waals surface area (Å²) in [6, 6.07) is 15.8. The van der Waals surface area contributed by atoms with E-state index in [0.29, 0.717) is 17.2 Å². The van der Waals surface area contributed by atoms with Gasteiger partial charge in [-0.05, 0) is 48.9 Å². The van der Waals surface area contributed by atoms with Crippen LogP contribution in [0.3, 0.4) is 0 Å². The van der Waals surface area contributed by atoms with Gasteiger partial charge in [-0.15, -0.1) is 10.2 Å². The number of ether oxygens (including phenoxy) is 1. The standard InChI is InChI=1S/C26H25N7O2/c1-2-22-20-14-21(24(34)15-23(20)29-28-22)26-31-30-25(17-4-3-9-27-16-17)33(26)19-7-5-18(6-8-19)32-10-12-35-13-11-32/h3-9,14-16,34H,2,10-13H2,1H3,(H,28,29). The molecule has 5 aromatic rings. The molecule has 0 amide bonds. The number of aromatic hydroxyl groups is 1. The zero-order chi connectivity index (χ0) is 23.8. The highest BCUT2D eigenvalue weighted by Crippen LogP contribution is 2.36. The van der Waals surface area contributed by atoms with Crippen molar-refractivity contribution in [3.05, 3.63) is 66.6 Å². The molecule has 35 heavy (non-hydrogen) atoms. The van der Waals surface area contributed by atoms with Crippen molar-refractivity contribution in [3.8, 4) is 34.2 Å². The lowest BCUT2D eigenvalue weighted by atomic mass is 10.1. The summed E-state index contributed by atoms with van der Waals surface area (Å²) in [6.07, 6.45) is 4.30. The second-order valence-electron chi connectivity index (χ2n) is 8.48. The highest BCUT2D eigenvalue weighted by atomic mass is 16.5. The third-order valence-corrected chi connectivity index (χ3v) is 6.41. The molecule has 1 saturated heterocycles. The predicted octanol–water partition coefficient (Wildman–Crippen LogP) is 3.98. The van der Waals surface area contributed by atoms with E-state index in [1.54, 1.807) is 18.5 Å². The molecule has 9 heteroatoms. The fourth-order valence-electron chi connectivity index (χ4n) is 4.57. The summed E-state index contributed by atoms with van der Waals surface area (Å²) in [6.45, 7) is 5.28. The minimum atomic E-state index is 0.1000. The number of H-pyrrole nitrogens is 1. The van der Waals surface area contributed by atoms with Gasteiger partial charge in [-0.1, -0.05) is 6.92 Å². The third-order valence-electron chi connectivity index (χ3n) is 6.41. The van der Waals surface area contributed by atoms with Crippen LogP contribution in [0.25, 0.3) is 39.4 Å². The number of anilines is 1. The maximum Gasteiger partial charge on any atom is 0.172 e. The van der Waals surface area contributed by atoms with Gasteiger partial charge in [0.2, 0.25) is 0 Å². The number of fused-ring (bicyclic) bond motifs is 1. The molecule has 2 N–H and O–H groups in total. The van der Waals surface area contributed by atoms with Crippen molar-refractivity contribution in [1.29, 1.82) is 0 Å². The van der Waals surface area contributed by atoms with E-state index in [-0.39, 0.29) is 5.75 Å². The molecule has 2 aromatic carbocycles. The first kappa shape index (κ1) is 21.3. The second kappa shape index (κ2) is 8.84. The molecule has 4 heterocycles. The fourth-order valence-corrected chi connectivity index (χ4v) is 4.57. The maximum absolute atomic E-state index is 10.9. The minimum absolute atomic E-state index is 0.1000. The first-order valence-corrected chi connectivity index (χ1v) is 11.7. The van der Waals surface area contributed by atoms with Crippen LogP contribution >= 0.6 is 0 Å². The van der Waals surface area contributed by atoms with Gasteiger partial charge < -0.3 is 14.7 Å². The number of nitrogens with zero attached hydrogens (tertiary/aromatic N) is 6. The molecule has 0 radical (unpaired) electrons. The van der Waals surface area contributed by atoms with Gasteiger partial charge in [0.15, 0.2) is 11.6 Å². The monoisotopic (exact) mass is 467 g/mol. The number of aromatic amines is 1. The van der Waals surface area contributed by atoms with Crippen molar-refractivity contribution >= 4 is 16.6 Å². The Morgan fingerprint density at radius 1 is 1.00 bits per heavy atom. The van der Waals surface area contributed by atoms with Gasteiger partial charge in [0.1, 0.15) is 5.75 Å². The highest BCUT2D eigenvalue weighted by molar-refractivity contribution is 5.89. The first-order valence-electron chi connectivity index (χ1n) is 11.7. The molecule has 0 bridgehead atoms. The van der Waals surface area contributed by atoms with Gasteiger partial charge >= 0.3 is 0 Å². The van der Waals surface area contributed by atoms with Gasteiger partial charge in [-0.3, -0.25) is 14.6 Å². The molecule has 9 nitrogen and oxygen atoms in total. The topological polar surface area (TPSA) is 105 Å². The van der Waals surface area contributed by atoms with E-state index >= 15 is 0 Å². The van der Waals surface area contributed by atoms with E-state index in [9.17, 15) is 5.11 Å². The molecule has 1 aliphatic heterocycles.